The number of aromatic nitrogens is 1. The molecule has 1 saturated carbocycles. The number of hydrogen-bond donors (Lipinski definition) is 2. The Labute approximate surface area is 103 Å². The zero-order chi connectivity index (χ0) is 12.7. The van der Waals surface area contributed by atoms with Gasteiger partial charge < -0.3 is 10.6 Å². The number of nitriles is 1. The lowest BCUT2D eigenvalue weighted by molar-refractivity contribution is -0.385. The molecule has 7 heteroatoms. The van der Waals surface area contributed by atoms with Crippen molar-refractivity contribution in [3.05, 3.63) is 27.9 Å². The molecule has 2 atom stereocenters. The summed E-state index contributed by atoms with van der Waals surface area (Å²) in [4.78, 5) is 14.0. The molecule has 0 amide bonds. The van der Waals surface area contributed by atoms with Gasteiger partial charge in [0.25, 0.3) is 5.69 Å². The maximum Gasteiger partial charge on any atom is 0.289 e. The quantitative estimate of drug-likeness (QED) is 0.593. The first-order valence-electron chi connectivity index (χ1n) is 5.72. The van der Waals surface area contributed by atoms with E-state index < -0.39 is 4.92 Å². The molecular formula is C11H11N5O2. The van der Waals surface area contributed by atoms with Crippen LogP contribution in [-0.4, -0.2) is 29.0 Å². The minimum Gasteiger partial charge on any atom is -0.366 e. The number of fused-ring (bicyclic) bond motifs is 1. The van der Waals surface area contributed by atoms with Gasteiger partial charge in [-0.05, 0) is 11.8 Å². The Bertz CT molecular complexity index is 543. The molecule has 0 bridgehead atoms. The summed E-state index contributed by atoms with van der Waals surface area (Å²) in [5.41, 5.74) is 0.0666. The van der Waals surface area contributed by atoms with Crippen LogP contribution in [0.25, 0.3) is 0 Å². The van der Waals surface area contributed by atoms with Gasteiger partial charge in [0.05, 0.1) is 4.92 Å². The molecule has 1 aliphatic heterocycles. The highest BCUT2D eigenvalue weighted by Gasteiger charge is 2.53. The maximum absolute atomic E-state index is 10.6. The first-order chi connectivity index (χ1) is 8.70. The standard InChI is InChI=1S/C11H11N5O2/c12-2-6-1-7(16(17)18)3-14-11(6)15-10-8-4-13-5-9(8)10/h1,3,8-10,13H,4-5H2,(H,14,15). The van der Waals surface area contributed by atoms with Crippen molar-refractivity contribution < 1.29 is 4.92 Å². The van der Waals surface area contributed by atoms with Crippen LogP contribution in [0.5, 0.6) is 0 Å². The molecule has 1 aromatic rings. The Morgan fingerprint density at radius 2 is 2.28 bits per heavy atom. The van der Waals surface area contributed by atoms with E-state index in [2.05, 4.69) is 15.6 Å². The summed E-state index contributed by atoms with van der Waals surface area (Å²) >= 11 is 0. The van der Waals surface area contributed by atoms with E-state index in [1.165, 1.54) is 12.3 Å². The molecule has 92 valence electrons. The summed E-state index contributed by atoms with van der Waals surface area (Å²) < 4.78 is 0. The van der Waals surface area contributed by atoms with Crippen molar-refractivity contribution in [1.82, 2.24) is 10.3 Å². The molecule has 1 aromatic heterocycles. The zero-order valence-electron chi connectivity index (χ0n) is 9.46. The second-order valence-corrected chi connectivity index (χ2v) is 4.61. The van der Waals surface area contributed by atoms with Crippen LogP contribution < -0.4 is 10.6 Å². The minimum absolute atomic E-state index is 0.158. The molecular weight excluding hydrogens is 234 g/mol. The van der Waals surface area contributed by atoms with Crippen molar-refractivity contribution in [2.24, 2.45) is 11.8 Å². The molecule has 2 fully saturated rings. The van der Waals surface area contributed by atoms with Gasteiger partial charge in [-0.3, -0.25) is 10.1 Å². The molecule has 2 unspecified atom stereocenters. The van der Waals surface area contributed by atoms with E-state index in [0.717, 1.165) is 13.1 Å². The van der Waals surface area contributed by atoms with E-state index in [9.17, 15) is 10.1 Å². The average Bonchev–Trinajstić information content (AvgIpc) is 2.82. The normalized spacial score (nSPS) is 28.3. The predicted octanol–water partition coefficient (Wildman–Crippen LogP) is 0.491. The van der Waals surface area contributed by atoms with Crippen molar-refractivity contribution in [3.8, 4) is 6.07 Å². The lowest BCUT2D eigenvalue weighted by Crippen LogP contribution is -2.22. The second kappa shape index (κ2) is 3.92. The van der Waals surface area contributed by atoms with Gasteiger partial charge in [-0.2, -0.15) is 5.26 Å². The minimum atomic E-state index is -0.548. The molecule has 18 heavy (non-hydrogen) atoms. The number of piperidine rings is 1. The Morgan fingerprint density at radius 1 is 1.56 bits per heavy atom. The molecule has 0 spiro atoms. The number of hydrogen-bond acceptors (Lipinski definition) is 6. The van der Waals surface area contributed by atoms with Gasteiger partial charge in [-0.25, -0.2) is 4.98 Å². The molecule has 3 rings (SSSR count). The fourth-order valence-electron chi connectivity index (χ4n) is 2.54. The largest absolute Gasteiger partial charge is 0.366 e. The van der Waals surface area contributed by atoms with Crippen molar-refractivity contribution in [3.63, 3.8) is 0 Å². The first kappa shape index (κ1) is 10.9. The fourth-order valence-corrected chi connectivity index (χ4v) is 2.54. The number of pyridine rings is 1. The van der Waals surface area contributed by atoms with Crippen molar-refractivity contribution >= 4 is 11.5 Å². The smallest absolute Gasteiger partial charge is 0.289 e. The van der Waals surface area contributed by atoms with Gasteiger partial charge in [-0.15, -0.1) is 0 Å². The molecule has 1 saturated heterocycles. The van der Waals surface area contributed by atoms with Crippen LogP contribution in [0.2, 0.25) is 0 Å². The Balaban J connectivity index is 1.80. The van der Waals surface area contributed by atoms with E-state index in [4.69, 9.17) is 5.26 Å². The van der Waals surface area contributed by atoms with Gasteiger partial charge in [0.15, 0.2) is 0 Å². The topological polar surface area (TPSA) is 104 Å². The Hall–Kier alpha value is -2.20. The van der Waals surface area contributed by atoms with E-state index in [1.807, 2.05) is 6.07 Å². The number of nitrogens with one attached hydrogen (secondary N) is 2. The van der Waals surface area contributed by atoms with Crippen LogP contribution in [-0.2, 0) is 0 Å². The highest BCUT2D eigenvalue weighted by atomic mass is 16.6. The van der Waals surface area contributed by atoms with Gasteiger partial charge in [0.1, 0.15) is 23.6 Å². The number of rotatable bonds is 3. The Kier molecular flexibility index (Phi) is 2.38. The third-order valence-corrected chi connectivity index (χ3v) is 3.60. The predicted molar refractivity (Wildman–Crippen MR) is 62.9 cm³/mol. The fraction of sp³-hybridized carbons (Fsp3) is 0.455. The maximum atomic E-state index is 10.6. The van der Waals surface area contributed by atoms with Crippen molar-refractivity contribution in [1.29, 1.82) is 5.26 Å². The second-order valence-electron chi connectivity index (χ2n) is 4.61. The average molecular weight is 245 g/mol. The highest BCUT2D eigenvalue weighted by molar-refractivity contribution is 5.57. The van der Waals surface area contributed by atoms with Crippen LogP contribution in [0.1, 0.15) is 5.56 Å². The van der Waals surface area contributed by atoms with Crippen LogP contribution in [0, 0.1) is 33.3 Å². The summed E-state index contributed by atoms with van der Waals surface area (Å²) in [6, 6.07) is 3.54. The first-order valence-corrected chi connectivity index (χ1v) is 5.72. The summed E-state index contributed by atoms with van der Waals surface area (Å²) in [6.07, 6.45) is 1.18. The molecule has 0 radical (unpaired) electrons. The van der Waals surface area contributed by atoms with Gasteiger partial charge in [-0.1, -0.05) is 0 Å². The van der Waals surface area contributed by atoms with Crippen molar-refractivity contribution in [2.45, 2.75) is 6.04 Å². The number of nitrogens with zero attached hydrogens (tertiary/aromatic N) is 3. The zero-order valence-corrected chi connectivity index (χ0v) is 9.46. The van der Waals surface area contributed by atoms with E-state index >= 15 is 0 Å². The SMILES string of the molecule is N#Cc1cc([N+](=O)[O-])cnc1NC1C2CNCC21. The monoisotopic (exact) mass is 245 g/mol. The van der Waals surface area contributed by atoms with Gasteiger partial charge in [0.2, 0.25) is 0 Å². The third-order valence-electron chi connectivity index (χ3n) is 3.60. The highest BCUT2D eigenvalue weighted by Crippen LogP contribution is 2.43. The molecule has 2 N–H and O–H groups in total. The van der Waals surface area contributed by atoms with Crippen LogP contribution in [0.15, 0.2) is 12.3 Å². The van der Waals surface area contributed by atoms with Crippen molar-refractivity contribution in [2.75, 3.05) is 18.4 Å². The van der Waals surface area contributed by atoms with E-state index in [-0.39, 0.29) is 11.3 Å². The lowest BCUT2D eigenvalue weighted by Gasteiger charge is -2.09. The summed E-state index contributed by atoms with van der Waals surface area (Å²) in [7, 11) is 0. The van der Waals surface area contributed by atoms with E-state index in [1.54, 1.807) is 0 Å². The third kappa shape index (κ3) is 1.67. The van der Waals surface area contributed by atoms with Gasteiger partial charge in [0, 0.05) is 25.2 Å². The molecule has 2 aliphatic rings. The number of nitro groups is 1. The summed E-state index contributed by atoms with van der Waals surface area (Å²) in [5, 5.41) is 26.1. The van der Waals surface area contributed by atoms with Crippen LogP contribution >= 0.6 is 0 Å². The molecule has 2 heterocycles. The Morgan fingerprint density at radius 3 is 2.89 bits per heavy atom. The molecule has 1 aliphatic carbocycles. The van der Waals surface area contributed by atoms with Gasteiger partial charge >= 0.3 is 0 Å². The summed E-state index contributed by atoms with van der Waals surface area (Å²) in [5.74, 6) is 1.63. The summed E-state index contributed by atoms with van der Waals surface area (Å²) in [6.45, 7) is 1.97. The number of anilines is 1. The van der Waals surface area contributed by atoms with E-state index in [0.29, 0.717) is 23.7 Å². The molecule has 7 nitrogen and oxygen atoms in total. The van der Waals surface area contributed by atoms with Crippen LogP contribution in [0.4, 0.5) is 11.5 Å². The van der Waals surface area contributed by atoms with Crippen LogP contribution in [0.3, 0.4) is 0 Å². The molecule has 0 aromatic carbocycles. The lowest BCUT2D eigenvalue weighted by atomic mass is 10.2.